The molecule has 3 atom stereocenters. The van der Waals surface area contributed by atoms with Gasteiger partial charge in [0.25, 0.3) is 0 Å². The van der Waals surface area contributed by atoms with Crippen LogP contribution in [0.15, 0.2) is 0 Å². The Labute approximate surface area is 69.8 Å². The molecule has 0 aliphatic heterocycles. The topological polar surface area (TPSA) is 130 Å². The molecule has 0 aromatic carbocycles. The number of rotatable bonds is 5. The highest BCUT2D eigenvalue weighted by molar-refractivity contribution is 5.88. The zero-order valence-electron chi connectivity index (χ0n) is 6.55. The number of hydrogen-bond donors (Lipinski definition) is 5. The van der Waals surface area contributed by atoms with Gasteiger partial charge in [0.15, 0.2) is 5.78 Å². The van der Waals surface area contributed by atoms with Crippen molar-refractivity contribution in [1.82, 2.24) is 0 Å². The number of aliphatic hydroxyl groups is 3. The molecule has 12 heavy (non-hydrogen) atoms. The molecule has 0 radical (unpaired) electrons. The lowest BCUT2D eigenvalue weighted by molar-refractivity contribution is -0.130. The third-order valence-electron chi connectivity index (χ3n) is 1.50. The van der Waals surface area contributed by atoms with E-state index in [9.17, 15) is 4.79 Å². The maximum absolute atomic E-state index is 10.9. The molecule has 0 aromatic rings. The summed E-state index contributed by atoms with van der Waals surface area (Å²) < 4.78 is 0. The standard InChI is InChI=1S/C6H14N2O4/c7-3(1-9)5(8)6(12)4(11)2-10/h3-5,9-11H,1-2,7-8H2. The summed E-state index contributed by atoms with van der Waals surface area (Å²) in [6.07, 6.45) is -1.52. The lowest BCUT2D eigenvalue weighted by Gasteiger charge is -2.18. The number of aliphatic hydroxyl groups excluding tert-OH is 3. The second-order valence-electron chi connectivity index (χ2n) is 2.47. The minimum atomic E-state index is -1.52. The predicted octanol–water partition coefficient (Wildman–Crippen LogP) is -3.44. The number of carbonyl (C=O) groups is 1. The highest BCUT2D eigenvalue weighted by Gasteiger charge is 2.25. The van der Waals surface area contributed by atoms with Crippen molar-refractivity contribution >= 4 is 5.78 Å². The van der Waals surface area contributed by atoms with Gasteiger partial charge in [0.05, 0.1) is 25.3 Å². The summed E-state index contributed by atoms with van der Waals surface area (Å²) in [4.78, 5) is 10.9. The van der Waals surface area contributed by atoms with Gasteiger partial charge in [0.2, 0.25) is 0 Å². The van der Waals surface area contributed by atoms with E-state index in [0.717, 1.165) is 0 Å². The average Bonchev–Trinajstić information content (AvgIpc) is 2.12. The summed E-state index contributed by atoms with van der Waals surface area (Å²) in [5.74, 6) is -0.765. The van der Waals surface area contributed by atoms with Crippen LogP contribution in [0.1, 0.15) is 0 Å². The van der Waals surface area contributed by atoms with Crippen molar-refractivity contribution in [3.05, 3.63) is 0 Å². The van der Waals surface area contributed by atoms with Gasteiger partial charge in [0, 0.05) is 0 Å². The lowest BCUT2D eigenvalue weighted by Crippen LogP contribution is -2.53. The molecular formula is C6H14N2O4. The van der Waals surface area contributed by atoms with Crippen LogP contribution in [0.3, 0.4) is 0 Å². The summed E-state index contributed by atoms with van der Waals surface area (Å²) in [7, 11) is 0. The van der Waals surface area contributed by atoms with Crippen LogP contribution in [0, 0.1) is 0 Å². The monoisotopic (exact) mass is 178 g/mol. The fourth-order valence-corrected chi connectivity index (χ4v) is 0.637. The highest BCUT2D eigenvalue weighted by atomic mass is 16.3. The number of hydrogen-bond acceptors (Lipinski definition) is 6. The van der Waals surface area contributed by atoms with E-state index in [1.165, 1.54) is 0 Å². The Morgan fingerprint density at radius 1 is 1.25 bits per heavy atom. The number of Topliss-reactive ketones (excluding diaryl/α,β-unsaturated/α-hetero) is 1. The van der Waals surface area contributed by atoms with Crippen LogP contribution in [0.25, 0.3) is 0 Å². The van der Waals surface area contributed by atoms with Crippen LogP contribution in [-0.4, -0.2) is 52.5 Å². The summed E-state index contributed by atoms with van der Waals surface area (Å²) in [6, 6.07) is -2.05. The molecule has 0 rings (SSSR count). The van der Waals surface area contributed by atoms with E-state index in [4.69, 9.17) is 26.8 Å². The van der Waals surface area contributed by atoms with Crippen LogP contribution in [0.4, 0.5) is 0 Å². The van der Waals surface area contributed by atoms with Crippen LogP contribution < -0.4 is 11.5 Å². The third kappa shape index (κ3) is 2.84. The molecule has 3 unspecified atom stereocenters. The Balaban J connectivity index is 4.09. The number of carbonyl (C=O) groups excluding carboxylic acids is 1. The first-order chi connectivity index (χ1) is 5.54. The predicted molar refractivity (Wildman–Crippen MR) is 41.1 cm³/mol. The van der Waals surface area contributed by atoms with E-state index in [1.807, 2.05) is 0 Å². The minimum absolute atomic E-state index is 0.439. The second kappa shape index (κ2) is 5.18. The van der Waals surface area contributed by atoms with Crippen molar-refractivity contribution in [2.24, 2.45) is 11.5 Å². The SMILES string of the molecule is NC(CO)C(N)C(=O)C(O)CO. The Morgan fingerprint density at radius 3 is 2.08 bits per heavy atom. The molecule has 0 aromatic heterocycles. The molecule has 0 heterocycles. The van der Waals surface area contributed by atoms with Gasteiger partial charge in [-0.25, -0.2) is 0 Å². The largest absolute Gasteiger partial charge is 0.395 e. The van der Waals surface area contributed by atoms with Crippen LogP contribution in [-0.2, 0) is 4.79 Å². The number of nitrogens with two attached hydrogens (primary N) is 2. The first-order valence-electron chi connectivity index (χ1n) is 3.49. The Bertz CT molecular complexity index is 152. The van der Waals surface area contributed by atoms with Gasteiger partial charge in [-0.15, -0.1) is 0 Å². The van der Waals surface area contributed by atoms with Gasteiger partial charge in [-0.1, -0.05) is 0 Å². The normalized spacial score (nSPS) is 18.4. The van der Waals surface area contributed by atoms with Gasteiger partial charge in [-0.2, -0.15) is 0 Å². The van der Waals surface area contributed by atoms with Crippen molar-refractivity contribution in [2.75, 3.05) is 13.2 Å². The Hall–Kier alpha value is -0.530. The Morgan fingerprint density at radius 2 is 1.75 bits per heavy atom. The van der Waals surface area contributed by atoms with Crippen molar-refractivity contribution in [2.45, 2.75) is 18.2 Å². The zero-order chi connectivity index (χ0) is 9.72. The molecule has 72 valence electrons. The molecule has 0 spiro atoms. The van der Waals surface area contributed by atoms with E-state index in [2.05, 4.69) is 0 Å². The maximum Gasteiger partial charge on any atom is 0.181 e. The van der Waals surface area contributed by atoms with Crippen LogP contribution in [0.2, 0.25) is 0 Å². The fourth-order valence-electron chi connectivity index (χ4n) is 0.637. The van der Waals surface area contributed by atoms with E-state index < -0.39 is 37.2 Å². The molecule has 0 aliphatic carbocycles. The molecule has 0 amide bonds. The number of ketones is 1. The van der Waals surface area contributed by atoms with Crippen LogP contribution >= 0.6 is 0 Å². The minimum Gasteiger partial charge on any atom is -0.395 e. The third-order valence-corrected chi connectivity index (χ3v) is 1.50. The molecule has 7 N–H and O–H groups in total. The van der Waals surface area contributed by atoms with Crippen molar-refractivity contribution < 1.29 is 20.1 Å². The molecular weight excluding hydrogens is 164 g/mol. The van der Waals surface area contributed by atoms with Gasteiger partial charge in [-0.3, -0.25) is 4.79 Å². The first kappa shape index (κ1) is 11.5. The second-order valence-corrected chi connectivity index (χ2v) is 2.47. The molecule has 0 saturated heterocycles. The van der Waals surface area contributed by atoms with E-state index >= 15 is 0 Å². The van der Waals surface area contributed by atoms with Gasteiger partial charge in [-0.05, 0) is 0 Å². The van der Waals surface area contributed by atoms with E-state index in [0.29, 0.717) is 0 Å². The van der Waals surface area contributed by atoms with Gasteiger partial charge >= 0.3 is 0 Å². The first-order valence-corrected chi connectivity index (χ1v) is 3.49. The van der Waals surface area contributed by atoms with E-state index in [1.54, 1.807) is 0 Å². The Kier molecular flexibility index (Phi) is 4.95. The molecule has 0 fully saturated rings. The summed E-state index contributed by atoms with van der Waals surface area (Å²) in [5.41, 5.74) is 10.5. The maximum atomic E-state index is 10.9. The summed E-state index contributed by atoms with van der Waals surface area (Å²) in [5, 5.41) is 25.7. The fraction of sp³-hybridized carbons (Fsp3) is 0.833. The van der Waals surface area contributed by atoms with Gasteiger partial charge < -0.3 is 26.8 Å². The van der Waals surface area contributed by atoms with Crippen molar-refractivity contribution in [3.63, 3.8) is 0 Å². The van der Waals surface area contributed by atoms with Crippen molar-refractivity contribution in [1.29, 1.82) is 0 Å². The zero-order valence-corrected chi connectivity index (χ0v) is 6.55. The molecule has 6 nitrogen and oxygen atoms in total. The highest BCUT2D eigenvalue weighted by Crippen LogP contribution is 1.93. The van der Waals surface area contributed by atoms with Gasteiger partial charge in [0.1, 0.15) is 6.10 Å². The summed E-state index contributed by atoms with van der Waals surface area (Å²) >= 11 is 0. The average molecular weight is 178 g/mol. The smallest absolute Gasteiger partial charge is 0.181 e. The van der Waals surface area contributed by atoms with Crippen molar-refractivity contribution in [3.8, 4) is 0 Å². The van der Waals surface area contributed by atoms with E-state index in [-0.39, 0.29) is 0 Å². The molecule has 0 saturated carbocycles. The molecule has 0 bridgehead atoms. The quantitative estimate of drug-likeness (QED) is 0.298. The van der Waals surface area contributed by atoms with Crippen LogP contribution in [0.5, 0.6) is 0 Å². The lowest BCUT2D eigenvalue weighted by atomic mass is 10.0. The summed E-state index contributed by atoms with van der Waals surface area (Å²) in [6.45, 7) is -1.13. The molecule has 6 heteroatoms. The molecule has 0 aliphatic rings.